The molecule has 2 atom stereocenters. The van der Waals surface area contributed by atoms with Crippen LogP contribution in [-0.4, -0.2) is 36.5 Å². The van der Waals surface area contributed by atoms with Crippen LogP contribution in [0.3, 0.4) is 0 Å². The van der Waals surface area contributed by atoms with Crippen molar-refractivity contribution < 1.29 is 18.3 Å². The lowest BCUT2D eigenvalue weighted by atomic mass is 9.78. The first kappa shape index (κ1) is 17.1. The monoisotopic (exact) mass is 338 g/mol. The van der Waals surface area contributed by atoms with E-state index < -0.39 is 6.61 Å². The number of fused-ring (bicyclic) bond motifs is 1. The summed E-state index contributed by atoms with van der Waals surface area (Å²) in [5.41, 5.74) is 0.292. The number of hydrogen-bond acceptors (Lipinski definition) is 3. The Morgan fingerprint density at radius 2 is 1.96 bits per heavy atom. The molecule has 1 aliphatic heterocycles. The number of halogens is 2. The van der Waals surface area contributed by atoms with Crippen molar-refractivity contribution in [1.82, 2.24) is 4.90 Å². The predicted octanol–water partition coefficient (Wildman–Crippen LogP) is 3.88. The van der Waals surface area contributed by atoms with Crippen LogP contribution >= 0.6 is 0 Å². The molecule has 0 aromatic heterocycles. The molecule has 2 unspecified atom stereocenters. The molecule has 1 saturated carbocycles. The molecule has 2 aliphatic rings. The SMILES string of the molecule is O=C(CN1CCCC2CCCCC21)Nc1ccccc1OC(F)F. The van der Waals surface area contributed by atoms with Gasteiger partial charge in [-0.1, -0.05) is 25.0 Å². The highest BCUT2D eigenvalue weighted by Gasteiger charge is 2.33. The molecular weight excluding hydrogens is 314 g/mol. The van der Waals surface area contributed by atoms with Crippen LogP contribution in [0.15, 0.2) is 24.3 Å². The van der Waals surface area contributed by atoms with Gasteiger partial charge in [0.15, 0.2) is 0 Å². The van der Waals surface area contributed by atoms with Gasteiger partial charge in [0.05, 0.1) is 12.2 Å². The molecule has 132 valence electrons. The maximum absolute atomic E-state index is 12.5. The summed E-state index contributed by atoms with van der Waals surface area (Å²) in [4.78, 5) is 14.7. The molecule has 1 amide bonds. The van der Waals surface area contributed by atoms with Crippen molar-refractivity contribution >= 4 is 11.6 Å². The van der Waals surface area contributed by atoms with Crippen molar-refractivity contribution in [3.63, 3.8) is 0 Å². The van der Waals surface area contributed by atoms with E-state index >= 15 is 0 Å². The van der Waals surface area contributed by atoms with Crippen molar-refractivity contribution in [3.05, 3.63) is 24.3 Å². The number of likely N-dealkylation sites (tertiary alicyclic amines) is 1. The highest BCUT2D eigenvalue weighted by molar-refractivity contribution is 5.93. The number of para-hydroxylation sites is 2. The van der Waals surface area contributed by atoms with Gasteiger partial charge in [0.1, 0.15) is 5.75 Å². The van der Waals surface area contributed by atoms with Crippen LogP contribution in [0.1, 0.15) is 38.5 Å². The summed E-state index contributed by atoms with van der Waals surface area (Å²) in [5, 5.41) is 2.72. The van der Waals surface area contributed by atoms with E-state index in [-0.39, 0.29) is 11.7 Å². The largest absolute Gasteiger partial charge is 0.433 e. The van der Waals surface area contributed by atoms with Crippen LogP contribution in [-0.2, 0) is 4.79 Å². The Morgan fingerprint density at radius 1 is 1.21 bits per heavy atom. The van der Waals surface area contributed by atoms with Gasteiger partial charge in [-0.3, -0.25) is 9.69 Å². The first-order chi connectivity index (χ1) is 11.6. The quantitative estimate of drug-likeness (QED) is 0.886. The molecule has 1 heterocycles. The van der Waals surface area contributed by atoms with E-state index in [1.54, 1.807) is 18.2 Å². The molecule has 0 bridgehead atoms. The maximum atomic E-state index is 12.5. The molecule has 1 aromatic carbocycles. The third kappa shape index (κ3) is 4.23. The number of piperidine rings is 1. The number of nitrogens with zero attached hydrogens (tertiary/aromatic N) is 1. The topological polar surface area (TPSA) is 41.6 Å². The minimum absolute atomic E-state index is 0.00460. The third-order valence-corrected chi connectivity index (χ3v) is 5.08. The molecule has 6 heteroatoms. The van der Waals surface area contributed by atoms with Gasteiger partial charge in [0.25, 0.3) is 0 Å². The number of anilines is 1. The van der Waals surface area contributed by atoms with Crippen LogP contribution in [0.5, 0.6) is 5.75 Å². The number of benzene rings is 1. The highest BCUT2D eigenvalue weighted by atomic mass is 19.3. The normalized spacial score (nSPS) is 24.5. The Kier molecular flexibility index (Phi) is 5.66. The van der Waals surface area contributed by atoms with Crippen LogP contribution in [0.25, 0.3) is 0 Å². The van der Waals surface area contributed by atoms with Gasteiger partial charge in [0.2, 0.25) is 5.91 Å². The number of carbonyl (C=O) groups is 1. The summed E-state index contributed by atoms with van der Waals surface area (Å²) in [6.07, 6.45) is 7.31. The van der Waals surface area contributed by atoms with Gasteiger partial charge in [-0.15, -0.1) is 0 Å². The Hall–Kier alpha value is -1.69. The number of carbonyl (C=O) groups excluding carboxylic acids is 1. The lowest BCUT2D eigenvalue weighted by Crippen LogP contribution is -2.49. The van der Waals surface area contributed by atoms with Crippen molar-refractivity contribution in [2.24, 2.45) is 5.92 Å². The summed E-state index contributed by atoms with van der Waals surface area (Å²) < 4.78 is 29.4. The lowest BCUT2D eigenvalue weighted by Gasteiger charge is -2.43. The molecule has 24 heavy (non-hydrogen) atoms. The molecular formula is C18H24F2N2O2. The molecule has 3 rings (SSSR count). The molecule has 1 N–H and O–H groups in total. The zero-order chi connectivity index (χ0) is 16.9. The summed E-state index contributed by atoms with van der Waals surface area (Å²) in [7, 11) is 0. The maximum Gasteiger partial charge on any atom is 0.387 e. The van der Waals surface area contributed by atoms with E-state index in [9.17, 15) is 13.6 Å². The summed E-state index contributed by atoms with van der Waals surface area (Å²) >= 11 is 0. The van der Waals surface area contributed by atoms with E-state index in [0.717, 1.165) is 19.4 Å². The van der Waals surface area contributed by atoms with E-state index in [0.29, 0.717) is 24.2 Å². The van der Waals surface area contributed by atoms with E-state index in [1.807, 2.05) is 0 Å². The number of alkyl halides is 2. The second-order valence-electron chi connectivity index (χ2n) is 6.65. The number of rotatable bonds is 5. The van der Waals surface area contributed by atoms with Crippen LogP contribution in [0.4, 0.5) is 14.5 Å². The van der Waals surface area contributed by atoms with Crippen molar-refractivity contribution in [3.8, 4) is 5.75 Å². The predicted molar refractivity (Wildman–Crippen MR) is 88.3 cm³/mol. The molecule has 2 fully saturated rings. The van der Waals surface area contributed by atoms with E-state index in [2.05, 4.69) is 15.0 Å². The number of ether oxygens (including phenoxy) is 1. The van der Waals surface area contributed by atoms with Gasteiger partial charge < -0.3 is 10.1 Å². The molecule has 1 aromatic rings. The van der Waals surface area contributed by atoms with Gasteiger partial charge in [-0.2, -0.15) is 8.78 Å². The first-order valence-electron chi connectivity index (χ1n) is 8.71. The van der Waals surface area contributed by atoms with Gasteiger partial charge in [0, 0.05) is 6.04 Å². The number of nitrogens with one attached hydrogen (secondary N) is 1. The zero-order valence-corrected chi connectivity index (χ0v) is 13.7. The van der Waals surface area contributed by atoms with Gasteiger partial charge in [-0.05, 0) is 50.3 Å². The van der Waals surface area contributed by atoms with E-state index in [4.69, 9.17) is 0 Å². The molecule has 4 nitrogen and oxygen atoms in total. The van der Waals surface area contributed by atoms with Crippen molar-refractivity contribution in [2.45, 2.75) is 51.2 Å². The third-order valence-electron chi connectivity index (χ3n) is 5.08. The fraction of sp³-hybridized carbons (Fsp3) is 0.611. The van der Waals surface area contributed by atoms with Crippen LogP contribution in [0.2, 0.25) is 0 Å². The summed E-state index contributed by atoms with van der Waals surface area (Å²) in [5.74, 6) is 0.524. The highest BCUT2D eigenvalue weighted by Crippen LogP contribution is 2.35. The average molecular weight is 338 g/mol. The fourth-order valence-corrected chi connectivity index (χ4v) is 4.07. The standard InChI is InChI=1S/C18H24F2N2O2/c19-18(20)24-16-10-4-2-8-14(16)21-17(23)12-22-11-5-7-13-6-1-3-9-15(13)22/h2,4,8,10,13,15,18H,1,3,5-7,9,11-12H2,(H,21,23). The fourth-order valence-electron chi connectivity index (χ4n) is 4.07. The Labute approximate surface area is 141 Å². The molecule has 1 saturated heterocycles. The zero-order valence-electron chi connectivity index (χ0n) is 13.7. The second kappa shape index (κ2) is 7.92. The average Bonchev–Trinajstić information content (AvgIpc) is 2.56. The van der Waals surface area contributed by atoms with Crippen LogP contribution in [0, 0.1) is 5.92 Å². The summed E-state index contributed by atoms with van der Waals surface area (Å²) in [6, 6.07) is 6.79. The Bertz CT molecular complexity index is 566. The lowest BCUT2D eigenvalue weighted by molar-refractivity contribution is -0.119. The Morgan fingerprint density at radius 3 is 2.79 bits per heavy atom. The molecule has 0 radical (unpaired) electrons. The second-order valence-corrected chi connectivity index (χ2v) is 6.65. The number of amides is 1. The van der Waals surface area contributed by atoms with Gasteiger partial charge in [-0.25, -0.2) is 0 Å². The minimum atomic E-state index is -2.91. The smallest absolute Gasteiger partial charge is 0.387 e. The Balaban J connectivity index is 1.61. The van der Waals surface area contributed by atoms with Crippen molar-refractivity contribution in [2.75, 3.05) is 18.4 Å². The van der Waals surface area contributed by atoms with Crippen LogP contribution < -0.4 is 10.1 Å². The first-order valence-corrected chi connectivity index (χ1v) is 8.71. The van der Waals surface area contributed by atoms with Gasteiger partial charge >= 0.3 is 6.61 Å². The number of hydrogen-bond donors (Lipinski definition) is 1. The van der Waals surface area contributed by atoms with E-state index in [1.165, 1.54) is 31.7 Å². The molecule has 0 spiro atoms. The minimum Gasteiger partial charge on any atom is -0.433 e. The molecule has 1 aliphatic carbocycles. The van der Waals surface area contributed by atoms with Crippen molar-refractivity contribution in [1.29, 1.82) is 0 Å². The summed E-state index contributed by atoms with van der Waals surface area (Å²) in [6.45, 7) is -1.67.